The molecule has 0 radical (unpaired) electrons. The molecular formula is C10H15NS. The van der Waals surface area contributed by atoms with Gasteiger partial charge in [0.1, 0.15) is 0 Å². The zero-order chi connectivity index (χ0) is 8.55. The van der Waals surface area contributed by atoms with Crippen LogP contribution < -0.4 is 5.73 Å². The first-order chi connectivity index (χ1) is 5.86. The molecule has 1 aromatic heterocycles. The molecule has 0 aromatic carbocycles. The second kappa shape index (κ2) is 3.19. The van der Waals surface area contributed by atoms with Crippen LogP contribution in [0.2, 0.25) is 0 Å². The molecule has 66 valence electrons. The molecule has 0 saturated carbocycles. The van der Waals surface area contributed by atoms with Crippen molar-refractivity contribution in [1.82, 2.24) is 0 Å². The van der Waals surface area contributed by atoms with Crippen molar-refractivity contribution in [2.45, 2.75) is 38.6 Å². The maximum atomic E-state index is 5.69. The predicted molar refractivity (Wildman–Crippen MR) is 53.6 cm³/mol. The van der Waals surface area contributed by atoms with E-state index in [1.54, 1.807) is 10.4 Å². The van der Waals surface area contributed by atoms with Gasteiger partial charge >= 0.3 is 0 Å². The third-order valence-electron chi connectivity index (χ3n) is 2.83. The molecule has 0 fully saturated rings. The zero-order valence-electron chi connectivity index (χ0n) is 7.47. The fraction of sp³-hybridized carbons (Fsp3) is 0.600. The Hall–Kier alpha value is -0.340. The number of nitrogens with two attached hydrogens (primary N) is 1. The van der Waals surface area contributed by atoms with Gasteiger partial charge in [-0.3, -0.25) is 0 Å². The van der Waals surface area contributed by atoms with Crippen LogP contribution in [-0.2, 0) is 13.0 Å². The Morgan fingerprint density at radius 3 is 3.17 bits per heavy atom. The minimum atomic E-state index is 0.725. The van der Waals surface area contributed by atoms with Gasteiger partial charge in [-0.05, 0) is 41.7 Å². The van der Waals surface area contributed by atoms with Crippen LogP contribution in [0.1, 0.15) is 41.7 Å². The van der Waals surface area contributed by atoms with E-state index in [4.69, 9.17) is 5.73 Å². The molecule has 1 unspecified atom stereocenters. The van der Waals surface area contributed by atoms with Gasteiger partial charge in [-0.25, -0.2) is 0 Å². The number of fused-ring (bicyclic) bond motifs is 1. The van der Waals surface area contributed by atoms with E-state index in [9.17, 15) is 0 Å². The minimum Gasteiger partial charge on any atom is -0.326 e. The lowest BCUT2D eigenvalue weighted by molar-refractivity contribution is 0.651. The number of rotatable bonds is 2. The Morgan fingerprint density at radius 2 is 2.50 bits per heavy atom. The highest BCUT2D eigenvalue weighted by atomic mass is 32.1. The van der Waals surface area contributed by atoms with E-state index < -0.39 is 0 Å². The first-order valence-corrected chi connectivity index (χ1v) is 5.54. The van der Waals surface area contributed by atoms with Crippen molar-refractivity contribution < 1.29 is 0 Å². The van der Waals surface area contributed by atoms with Crippen LogP contribution in [0, 0.1) is 0 Å². The Kier molecular flexibility index (Phi) is 2.20. The second-order valence-electron chi connectivity index (χ2n) is 3.45. The van der Waals surface area contributed by atoms with Crippen molar-refractivity contribution in [3.63, 3.8) is 0 Å². The average Bonchev–Trinajstić information content (AvgIpc) is 2.62. The van der Waals surface area contributed by atoms with Gasteiger partial charge in [0.2, 0.25) is 0 Å². The molecule has 12 heavy (non-hydrogen) atoms. The highest BCUT2D eigenvalue weighted by Gasteiger charge is 2.24. The van der Waals surface area contributed by atoms with Crippen LogP contribution in [0.15, 0.2) is 5.38 Å². The fourth-order valence-corrected chi connectivity index (χ4v) is 3.32. The lowest BCUT2D eigenvalue weighted by atomic mass is 9.97. The zero-order valence-corrected chi connectivity index (χ0v) is 8.29. The molecule has 1 atom stereocenters. The van der Waals surface area contributed by atoms with E-state index in [0.29, 0.717) is 0 Å². The normalized spacial score (nSPS) is 21.3. The maximum Gasteiger partial charge on any atom is 0.0189 e. The summed E-state index contributed by atoms with van der Waals surface area (Å²) in [5.41, 5.74) is 8.69. The SMILES string of the molecule is CCC1CCc2scc(CN)c21. The molecule has 1 aliphatic carbocycles. The topological polar surface area (TPSA) is 26.0 Å². The smallest absolute Gasteiger partial charge is 0.0189 e. The number of aryl methyl sites for hydroxylation is 1. The number of hydrogen-bond donors (Lipinski definition) is 1. The molecular weight excluding hydrogens is 166 g/mol. The highest BCUT2D eigenvalue weighted by molar-refractivity contribution is 7.10. The Morgan fingerprint density at radius 1 is 1.67 bits per heavy atom. The predicted octanol–water partition coefficient (Wildman–Crippen LogP) is 2.65. The highest BCUT2D eigenvalue weighted by Crippen LogP contribution is 2.41. The molecule has 1 nitrogen and oxygen atoms in total. The standard InChI is InChI=1S/C10H15NS/c1-2-7-3-4-9-10(7)8(5-11)6-12-9/h6-7H,2-5,11H2,1H3. The van der Waals surface area contributed by atoms with Gasteiger partial charge in [0.05, 0.1) is 0 Å². The van der Waals surface area contributed by atoms with Crippen LogP contribution in [-0.4, -0.2) is 0 Å². The molecule has 0 bridgehead atoms. The van der Waals surface area contributed by atoms with E-state index in [-0.39, 0.29) is 0 Å². The van der Waals surface area contributed by atoms with E-state index >= 15 is 0 Å². The summed E-state index contributed by atoms with van der Waals surface area (Å²) in [6, 6.07) is 0. The molecule has 2 rings (SSSR count). The molecule has 0 saturated heterocycles. The van der Waals surface area contributed by atoms with Gasteiger partial charge < -0.3 is 5.73 Å². The summed E-state index contributed by atoms with van der Waals surface area (Å²) in [6.45, 7) is 3.00. The van der Waals surface area contributed by atoms with E-state index in [1.165, 1.54) is 24.8 Å². The van der Waals surface area contributed by atoms with E-state index in [2.05, 4.69) is 12.3 Å². The van der Waals surface area contributed by atoms with Gasteiger partial charge in [-0.1, -0.05) is 6.92 Å². The van der Waals surface area contributed by atoms with Crippen LogP contribution in [0.3, 0.4) is 0 Å². The van der Waals surface area contributed by atoms with E-state index in [1.807, 2.05) is 11.3 Å². The number of thiophene rings is 1. The molecule has 1 heterocycles. The Bertz CT molecular complexity index is 277. The quantitative estimate of drug-likeness (QED) is 0.745. The van der Waals surface area contributed by atoms with Gasteiger partial charge in [-0.2, -0.15) is 0 Å². The maximum absolute atomic E-state index is 5.69. The summed E-state index contributed by atoms with van der Waals surface area (Å²) < 4.78 is 0. The molecule has 0 spiro atoms. The van der Waals surface area contributed by atoms with Crippen LogP contribution in [0.4, 0.5) is 0 Å². The summed E-state index contributed by atoms with van der Waals surface area (Å²) in [5, 5.41) is 2.24. The molecule has 1 aromatic rings. The molecule has 2 heteroatoms. The lowest BCUT2D eigenvalue weighted by Gasteiger charge is -2.08. The van der Waals surface area contributed by atoms with Crippen molar-refractivity contribution in [2.24, 2.45) is 5.73 Å². The van der Waals surface area contributed by atoms with Crippen molar-refractivity contribution in [2.75, 3.05) is 0 Å². The van der Waals surface area contributed by atoms with Gasteiger partial charge in [0.25, 0.3) is 0 Å². The van der Waals surface area contributed by atoms with Crippen molar-refractivity contribution in [3.05, 3.63) is 21.4 Å². The minimum absolute atomic E-state index is 0.725. The molecule has 0 amide bonds. The van der Waals surface area contributed by atoms with E-state index in [0.717, 1.165) is 12.5 Å². The third-order valence-corrected chi connectivity index (χ3v) is 3.94. The second-order valence-corrected chi connectivity index (χ2v) is 4.41. The van der Waals surface area contributed by atoms with Gasteiger partial charge in [0, 0.05) is 11.4 Å². The Balaban J connectivity index is 2.38. The summed E-state index contributed by atoms with van der Waals surface area (Å²) in [5.74, 6) is 0.810. The summed E-state index contributed by atoms with van der Waals surface area (Å²) >= 11 is 1.90. The number of hydrogen-bond acceptors (Lipinski definition) is 2. The van der Waals surface area contributed by atoms with Crippen molar-refractivity contribution in [3.8, 4) is 0 Å². The first kappa shape index (κ1) is 8.27. The van der Waals surface area contributed by atoms with Crippen molar-refractivity contribution >= 4 is 11.3 Å². The van der Waals surface area contributed by atoms with Crippen LogP contribution >= 0.6 is 11.3 Å². The third kappa shape index (κ3) is 1.10. The van der Waals surface area contributed by atoms with Gasteiger partial charge in [-0.15, -0.1) is 11.3 Å². The molecule has 1 aliphatic rings. The first-order valence-electron chi connectivity index (χ1n) is 4.66. The molecule has 2 N–H and O–H groups in total. The largest absolute Gasteiger partial charge is 0.326 e. The Labute approximate surface area is 77.6 Å². The van der Waals surface area contributed by atoms with Crippen molar-refractivity contribution in [1.29, 1.82) is 0 Å². The fourth-order valence-electron chi connectivity index (χ4n) is 2.15. The summed E-state index contributed by atoms with van der Waals surface area (Å²) in [7, 11) is 0. The monoisotopic (exact) mass is 181 g/mol. The van der Waals surface area contributed by atoms with Crippen LogP contribution in [0.5, 0.6) is 0 Å². The van der Waals surface area contributed by atoms with Crippen LogP contribution in [0.25, 0.3) is 0 Å². The summed E-state index contributed by atoms with van der Waals surface area (Å²) in [6.07, 6.45) is 3.92. The average molecular weight is 181 g/mol. The molecule has 0 aliphatic heterocycles. The summed E-state index contributed by atoms with van der Waals surface area (Å²) in [4.78, 5) is 1.60. The lowest BCUT2D eigenvalue weighted by Crippen LogP contribution is -2.00. The van der Waals surface area contributed by atoms with Gasteiger partial charge in [0.15, 0.2) is 0 Å².